The molecule has 1 fully saturated rings. The van der Waals surface area contributed by atoms with Gasteiger partial charge in [-0.05, 0) is 31.6 Å². The van der Waals surface area contributed by atoms with Crippen molar-refractivity contribution in [2.45, 2.75) is 6.42 Å². The zero-order valence-corrected chi connectivity index (χ0v) is 13.9. The molecule has 1 aliphatic rings. The fourth-order valence-electron chi connectivity index (χ4n) is 2.73. The Labute approximate surface area is 137 Å². The van der Waals surface area contributed by atoms with Crippen molar-refractivity contribution in [2.75, 3.05) is 53.4 Å². The number of nitrogens with zero attached hydrogens (tertiary/aromatic N) is 2. The summed E-state index contributed by atoms with van der Waals surface area (Å²) >= 11 is 0. The summed E-state index contributed by atoms with van der Waals surface area (Å²) in [5, 5.41) is 3.12. The Morgan fingerprint density at radius 3 is 2.52 bits per heavy atom. The molecule has 0 aromatic heterocycles. The highest BCUT2D eigenvalue weighted by Crippen LogP contribution is 2.14. The Morgan fingerprint density at radius 1 is 1.17 bits per heavy atom. The molecule has 23 heavy (non-hydrogen) atoms. The zero-order valence-electron chi connectivity index (χ0n) is 13.9. The largest absolute Gasteiger partial charge is 0.468 e. The minimum atomic E-state index is -0.234. The van der Waals surface area contributed by atoms with Crippen LogP contribution in [0.5, 0.6) is 0 Å². The average molecular weight is 319 g/mol. The van der Waals surface area contributed by atoms with E-state index in [-0.39, 0.29) is 18.4 Å². The topological polar surface area (TPSA) is 61.9 Å². The van der Waals surface area contributed by atoms with Crippen LogP contribution in [0, 0.1) is 0 Å². The van der Waals surface area contributed by atoms with E-state index < -0.39 is 0 Å². The maximum Gasteiger partial charge on any atom is 0.319 e. The van der Waals surface area contributed by atoms with Crippen molar-refractivity contribution in [3.8, 4) is 0 Å². The highest BCUT2D eigenvalue weighted by molar-refractivity contribution is 5.95. The summed E-state index contributed by atoms with van der Waals surface area (Å²) in [5.41, 5.74) is 1.85. The van der Waals surface area contributed by atoms with E-state index in [9.17, 15) is 9.59 Å². The molecule has 6 nitrogen and oxygen atoms in total. The summed E-state index contributed by atoms with van der Waals surface area (Å²) in [5.74, 6) is -0.156. The summed E-state index contributed by atoms with van der Waals surface area (Å²) < 4.78 is 4.68. The van der Waals surface area contributed by atoms with E-state index in [1.807, 2.05) is 41.1 Å². The number of hydrogen-bond acceptors (Lipinski definition) is 5. The third-order valence-corrected chi connectivity index (χ3v) is 4.13. The first-order valence-corrected chi connectivity index (χ1v) is 7.96. The van der Waals surface area contributed by atoms with Crippen molar-refractivity contribution in [3.63, 3.8) is 0 Å². The number of likely N-dealkylation sites (N-methyl/N-ethyl adjacent to an activating group) is 1. The SMILES string of the molecule is CNCCc1ccccc1C(=O)N1CCN(CC(=O)OC)CC1. The summed E-state index contributed by atoms with van der Waals surface area (Å²) in [6, 6.07) is 7.78. The van der Waals surface area contributed by atoms with Gasteiger partial charge < -0.3 is 15.0 Å². The number of carbonyl (C=O) groups excluding carboxylic acids is 2. The number of nitrogens with one attached hydrogen (secondary N) is 1. The first-order chi connectivity index (χ1) is 11.2. The molecule has 1 N–H and O–H groups in total. The number of amides is 1. The number of rotatable bonds is 6. The van der Waals surface area contributed by atoms with E-state index in [2.05, 4.69) is 10.1 Å². The van der Waals surface area contributed by atoms with Crippen LogP contribution >= 0.6 is 0 Å². The number of hydrogen-bond donors (Lipinski definition) is 1. The number of carbonyl (C=O) groups is 2. The number of piperazine rings is 1. The van der Waals surface area contributed by atoms with Crippen LogP contribution in [0.25, 0.3) is 0 Å². The summed E-state index contributed by atoms with van der Waals surface area (Å²) in [7, 11) is 3.30. The summed E-state index contributed by atoms with van der Waals surface area (Å²) in [6.45, 7) is 3.79. The van der Waals surface area contributed by atoms with Crippen LogP contribution in [-0.4, -0.2) is 75.1 Å². The van der Waals surface area contributed by atoms with E-state index in [0.717, 1.165) is 24.1 Å². The van der Waals surface area contributed by atoms with Gasteiger partial charge in [-0.3, -0.25) is 14.5 Å². The lowest BCUT2D eigenvalue weighted by atomic mass is 10.0. The lowest BCUT2D eigenvalue weighted by Gasteiger charge is -2.34. The van der Waals surface area contributed by atoms with Crippen molar-refractivity contribution >= 4 is 11.9 Å². The van der Waals surface area contributed by atoms with Gasteiger partial charge in [0.25, 0.3) is 5.91 Å². The second-order valence-corrected chi connectivity index (χ2v) is 5.66. The fraction of sp³-hybridized carbons (Fsp3) is 0.529. The number of ether oxygens (including phenoxy) is 1. The van der Waals surface area contributed by atoms with Gasteiger partial charge in [0, 0.05) is 31.7 Å². The zero-order chi connectivity index (χ0) is 16.7. The second-order valence-electron chi connectivity index (χ2n) is 5.66. The van der Waals surface area contributed by atoms with Crippen molar-refractivity contribution in [3.05, 3.63) is 35.4 Å². The number of benzene rings is 1. The highest BCUT2D eigenvalue weighted by Gasteiger charge is 2.24. The van der Waals surface area contributed by atoms with Gasteiger partial charge in [0.1, 0.15) is 0 Å². The molecule has 1 aromatic rings. The van der Waals surface area contributed by atoms with Crippen LogP contribution in [0.3, 0.4) is 0 Å². The third kappa shape index (κ3) is 4.77. The van der Waals surface area contributed by atoms with Crippen LogP contribution in [-0.2, 0) is 16.0 Å². The van der Waals surface area contributed by atoms with Crippen molar-refractivity contribution in [1.29, 1.82) is 0 Å². The van der Waals surface area contributed by atoms with Crippen LogP contribution in [0.4, 0.5) is 0 Å². The number of esters is 1. The molecule has 0 unspecified atom stereocenters. The van der Waals surface area contributed by atoms with Gasteiger partial charge >= 0.3 is 5.97 Å². The van der Waals surface area contributed by atoms with E-state index in [0.29, 0.717) is 26.2 Å². The van der Waals surface area contributed by atoms with Crippen LogP contribution in [0.15, 0.2) is 24.3 Å². The van der Waals surface area contributed by atoms with Crippen LogP contribution in [0.1, 0.15) is 15.9 Å². The molecule has 0 spiro atoms. The third-order valence-electron chi connectivity index (χ3n) is 4.13. The molecule has 2 rings (SSSR count). The van der Waals surface area contributed by atoms with E-state index >= 15 is 0 Å². The first kappa shape index (κ1) is 17.4. The van der Waals surface area contributed by atoms with Gasteiger partial charge in [-0.1, -0.05) is 18.2 Å². The lowest BCUT2D eigenvalue weighted by molar-refractivity contribution is -0.142. The summed E-state index contributed by atoms with van der Waals surface area (Å²) in [6.07, 6.45) is 0.834. The Kier molecular flexibility index (Phi) is 6.55. The molecular weight excluding hydrogens is 294 g/mol. The Morgan fingerprint density at radius 2 is 1.87 bits per heavy atom. The predicted octanol–water partition coefficient (Wildman–Crippen LogP) is 0.379. The van der Waals surface area contributed by atoms with Gasteiger partial charge in [0.2, 0.25) is 0 Å². The van der Waals surface area contributed by atoms with Gasteiger partial charge in [-0.15, -0.1) is 0 Å². The standard InChI is InChI=1S/C17H25N3O3/c1-18-8-7-14-5-3-4-6-15(14)17(22)20-11-9-19(10-12-20)13-16(21)23-2/h3-6,18H,7-13H2,1-2H3. The molecular formula is C17H25N3O3. The Hall–Kier alpha value is -1.92. The quantitative estimate of drug-likeness (QED) is 0.768. The molecule has 1 amide bonds. The minimum absolute atomic E-state index is 0.0782. The first-order valence-electron chi connectivity index (χ1n) is 7.96. The van der Waals surface area contributed by atoms with E-state index in [1.165, 1.54) is 7.11 Å². The van der Waals surface area contributed by atoms with E-state index in [4.69, 9.17) is 0 Å². The molecule has 0 atom stereocenters. The summed E-state index contributed by atoms with van der Waals surface area (Å²) in [4.78, 5) is 28.0. The Bertz CT molecular complexity index is 540. The maximum atomic E-state index is 12.8. The van der Waals surface area contributed by atoms with Crippen LogP contribution in [0.2, 0.25) is 0 Å². The molecule has 1 aliphatic heterocycles. The molecule has 6 heteroatoms. The Balaban J connectivity index is 1.96. The maximum absolute atomic E-state index is 12.8. The molecule has 0 bridgehead atoms. The lowest BCUT2D eigenvalue weighted by Crippen LogP contribution is -2.50. The van der Waals surface area contributed by atoms with Gasteiger partial charge in [0.15, 0.2) is 0 Å². The molecule has 1 aromatic carbocycles. The van der Waals surface area contributed by atoms with Gasteiger partial charge in [-0.2, -0.15) is 0 Å². The molecule has 1 saturated heterocycles. The highest BCUT2D eigenvalue weighted by atomic mass is 16.5. The smallest absolute Gasteiger partial charge is 0.319 e. The predicted molar refractivity (Wildman–Crippen MR) is 88.4 cm³/mol. The van der Waals surface area contributed by atoms with E-state index in [1.54, 1.807) is 0 Å². The van der Waals surface area contributed by atoms with Crippen LogP contribution < -0.4 is 5.32 Å². The normalized spacial score (nSPS) is 15.5. The molecule has 126 valence electrons. The second kappa shape index (κ2) is 8.64. The molecule has 0 saturated carbocycles. The monoisotopic (exact) mass is 319 g/mol. The molecule has 0 radical (unpaired) electrons. The average Bonchev–Trinajstić information content (AvgIpc) is 2.60. The number of methoxy groups -OCH3 is 1. The van der Waals surface area contributed by atoms with Crippen molar-refractivity contribution < 1.29 is 14.3 Å². The molecule has 1 heterocycles. The fourth-order valence-corrected chi connectivity index (χ4v) is 2.73. The van der Waals surface area contributed by atoms with Crippen molar-refractivity contribution in [1.82, 2.24) is 15.1 Å². The van der Waals surface area contributed by atoms with Crippen molar-refractivity contribution in [2.24, 2.45) is 0 Å². The van der Waals surface area contributed by atoms with Gasteiger partial charge in [-0.25, -0.2) is 0 Å². The minimum Gasteiger partial charge on any atom is -0.468 e. The van der Waals surface area contributed by atoms with Gasteiger partial charge in [0.05, 0.1) is 13.7 Å². The molecule has 0 aliphatic carbocycles.